The number of aromatic nitrogens is 1. The Morgan fingerprint density at radius 2 is 2.17 bits per heavy atom. The van der Waals surface area contributed by atoms with E-state index in [1.54, 1.807) is 11.3 Å². The molecule has 0 unspecified atom stereocenters. The first-order valence-electron chi connectivity index (χ1n) is 6.58. The first-order valence-corrected chi connectivity index (χ1v) is 7.46. The van der Waals surface area contributed by atoms with Gasteiger partial charge in [-0.2, -0.15) is 0 Å². The molecule has 0 atom stereocenters. The molecule has 3 rings (SSSR count). The third-order valence-electron chi connectivity index (χ3n) is 3.52. The van der Waals surface area contributed by atoms with Crippen molar-refractivity contribution in [1.82, 2.24) is 4.98 Å². The fourth-order valence-corrected chi connectivity index (χ4v) is 3.23. The number of benzene rings is 1. The quantitative estimate of drug-likeness (QED) is 0.902. The molecule has 1 aromatic carbocycles. The van der Waals surface area contributed by atoms with Crippen LogP contribution >= 0.6 is 11.3 Å². The lowest BCUT2D eigenvalue weighted by Crippen LogP contribution is -2.08. The van der Waals surface area contributed by atoms with Crippen LogP contribution in [0.2, 0.25) is 0 Å². The predicted molar refractivity (Wildman–Crippen MR) is 77.3 cm³/mol. The minimum Gasteiger partial charge on any atom is -0.379 e. The van der Waals surface area contributed by atoms with Crippen LogP contribution in [0.25, 0.3) is 0 Å². The Kier molecular flexibility index (Phi) is 3.33. The number of nitrogens with one attached hydrogen (secondary N) is 1. The van der Waals surface area contributed by atoms with Crippen molar-refractivity contribution in [2.45, 2.75) is 39.2 Å². The highest BCUT2D eigenvalue weighted by molar-refractivity contribution is 7.09. The number of nitrogens with zero attached hydrogens (tertiary/aromatic N) is 1. The van der Waals surface area contributed by atoms with Crippen molar-refractivity contribution >= 4 is 17.0 Å². The van der Waals surface area contributed by atoms with Gasteiger partial charge in [0.25, 0.3) is 0 Å². The molecule has 1 aliphatic rings. The van der Waals surface area contributed by atoms with Crippen molar-refractivity contribution in [1.29, 1.82) is 0 Å². The van der Waals surface area contributed by atoms with Crippen LogP contribution in [0.3, 0.4) is 0 Å². The van der Waals surface area contributed by atoms with Gasteiger partial charge in [-0.1, -0.05) is 12.1 Å². The maximum atomic E-state index is 4.49. The predicted octanol–water partition coefficient (Wildman–Crippen LogP) is 3.94. The van der Waals surface area contributed by atoms with Crippen molar-refractivity contribution in [3.8, 4) is 0 Å². The first-order chi connectivity index (χ1) is 8.83. The van der Waals surface area contributed by atoms with E-state index in [0.29, 0.717) is 0 Å². The molecule has 2 nitrogen and oxygen atoms in total. The molecule has 0 radical (unpaired) electrons. The minimum atomic E-state index is 0.834. The average molecular weight is 258 g/mol. The second-order valence-corrected chi connectivity index (χ2v) is 5.92. The van der Waals surface area contributed by atoms with Crippen molar-refractivity contribution in [2.24, 2.45) is 0 Å². The molecule has 0 saturated carbocycles. The van der Waals surface area contributed by atoms with E-state index in [2.05, 4.69) is 40.8 Å². The number of hydrogen-bond acceptors (Lipinski definition) is 3. The minimum absolute atomic E-state index is 0.834. The van der Waals surface area contributed by atoms with E-state index in [0.717, 1.165) is 17.2 Å². The molecule has 1 N–H and O–H groups in total. The molecule has 2 aromatic rings. The molecule has 3 heteroatoms. The summed E-state index contributed by atoms with van der Waals surface area (Å²) in [6.07, 6.45) is 5.11. The van der Waals surface area contributed by atoms with Gasteiger partial charge in [0.15, 0.2) is 0 Å². The Hall–Kier alpha value is -1.35. The number of aryl methyl sites for hydroxylation is 2. The molecule has 0 saturated heterocycles. The maximum Gasteiger partial charge on any atom is 0.0898 e. The van der Waals surface area contributed by atoms with Crippen LogP contribution < -0.4 is 5.32 Å². The summed E-state index contributed by atoms with van der Waals surface area (Å²) in [5, 5.41) is 6.82. The lowest BCUT2D eigenvalue weighted by Gasteiger charge is -2.19. The zero-order valence-corrected chi connectivity index (χ0v) is 11.5. The van der Waals surface area contributed by atoms with Crippen LogP contribution in [0.4, 0.5) is 5.69 Å². The highest BCUT2D eigenvalue weighted by Gasteiger charge is 2.12. The maximum absolute atomic E-state index is 4.49. The third kappa shape index (κ3) is 2.41. The fourth-order valence-electron chi connectivity index (χ4n) is 2.62. The van der Waals surface area contributed by atoms with Gasteiger partial charge in [0.05, 0.1) is 17.2 Å². The van der Waals surface area contributed by atoms with Crippen LogP contribution in [0, 0.1) is 6.92 Å². The summed E-state index contributed by atoms with van der Waals surface area (Å²) < 4.78 is 0. The van der Waals surface area contributed by atoms with Gasteiger partial charge in [-0.15, -0.1) is 11.3 Å². The van der Waals surface area contributed by atoms with Crippen LogP contribution in [0.1, 0.15) is 34.7 Å². The molecular formula is C15H18N2S. The van der Waals surface area contributed by atoms with Crippen molar-refractivity contribution in [3.63, 3.8) is 0 Å². The van der Waals surface area contributed by atoms with Crippen LogP contribution in [0.15, 0.2) is 23.6 Å². The van der Waals surface area contributed by atoms with Crippen LogP contribution in [-0.2, 0) is 19.4 Å². The number of fused-ring (bicyclic) bond motifs is 1. The van der Waals surface area contributed by atoms with E-state index < -0.39 is 0 Å². The average Bonchev–Trinajstić information content (AvgIpc) is 2.82. The summed E-state index contributed by atoms with van der Waals surface area (Å²) in [6, 6.07) is 6.63. The molecular weight excluding hydrogens is 240 g/mol. The highest BCUT2D eigenvalue weighted by Crippen LogP contribution is 2.28. The molecule has 0 amide bonds. The Morgan fingerprint density at radius 1 is 1.28 bits per heavy atom. The second kappa shape index (κ2) is 5.11. The van der Waals surface area contributed by atoms with E-state index in [-0.39, 0.29) is 0 Å². The van der Waals surface area contributed by atoms with E-state index in [9.17, 15) is 0 Å². The zero-order chi connectivity index (χ0) is 12.4. The smallest absolute Gasteiger partial charge is 0.0898 e. The van der Waals surface area contributed by atoms with Crippen LogP contribution in [0.5, 0.6) is 0 Å². The van der Waals surface area contributed by atoms with Gasteiger partial charge in [-0.05, 0) is 49.8 Å². The number of rotatable bonds is 3. The van der Waals surface area contributed by atoms with Gasteiger partial charge in [0.2, 0.25) is 0 Å². The Balaban J connectivity index is 1.76. The Morgan fingerprint density at radius 3 is 3.00 bits per heavy atom. The van der Waals surface area contributed by atoms with Gasteiger partial charge in [-0.25, -0.2) is 4.98 Å². The molecule has 1 aliphatic carbocycles. The van der Waals surface area contributed by atoms with Crippen LogP contribution in [-0.4, -0.2) is 4.98 Å². The molecule has 0 aliphatic heterocycles. The van der Waals surface area contributed by atoms with Gasteiger partial charge < -0.3 is 5.32 Å². The summed E-state index contributed by atoms with van der Waals surface area (Å²) in [6.45, 7) is 2.89. The Bertz CT molecular complexity index is 545. The monoisotopic (exact) mass is 258 g/mol. The topological polar surface area (TPSA) is 24.9 Å². The largest absolute Gasteiger partial charge is 0.379 e. The van der Waals surface area contributed by atoms with E-state index in [1.807, 2.05) is 0 Å². The number of hydrogen-bond donors (Lipinski definition) is 1. The summed E-state index contributed by atoms with van der Waals surface area (Å²) in [5.41, 5.74) is 5.50. The molecule has 1 aromatic heterocycles. The lowest BCUT2D eigenvalue weighted by molar-refractivity contribution is 0.686. The normalized spacial score (nSPS) is 14.3. The second-order valence-electron chi connectivity index (χ2n) is 4.86. The van der Waals surface area contributed by atoms with Crippen molar-refractivity contribution in [3.05, 3.63) is 45.4 Å². The fraction of sp³-hybridized carbons (Fsp3) is 0.400. The standard InChI is InChI=1S/C15H18N2S/c1-11-17-13(10-18-11)9-16-15-8-4-6-12-5-2-3-7-14(12)15/h4,6,8,10,16H,2-3,5,7,9H2,1H3. The molecule has 1 heterocycles. The molecule has 94 valence electrons. The molecule has 0 fully saturated rings. The highest BCUT2D eigenvalue weighted by atomic mass is 32.1. The summed E-state index contributed by atoms with van der Waals surface area (Å²) in [5.74, 6) is 0. The lowest BCUT2D eigenvalue weighted by atomic mass is 9.90. The SMILES string of the molecule is Cc1nc(CNc2cccc3c2CCCC3)cs1. The zero-order valence-electron chi connectivity index (χ0n) is 10.7. The van der Waals surface area contributed by atoms with Crippen molar-refractivity contribution < 1.29 is 0 Å². The van der Waals surface area contributed by atoms with E-state index in [4.69, 9.17) is 0 Å². The van der Waals surface area contributed by atoms with Gasteiger partial charge in [0.1, 0.15) is 0 Å². The molecule has 18 heavy (non-hydrogen) atoms. The molecule has 0 bridgehead atoms. The summed E-state index contributed by atoms with van der Waals surface area (Å²) in [4.78, 5) is 4.49. The number of anilines is 1. The third-order valence-corrected chi connectivity index (χ3v) is 4.34. The van der Waals surface area contributed by atoms with Gasteiger partial charge in [0, 0.05) is 11.1 Å². The van der Waals surface area contributed by atoms with Gasteiger partial charge >= 0.3 is 0 Å². The number of thiazole rings is 1. The first kappa shape index (κ1) is 11.7. The van der Waals surface area contributed by atoms with E-state index >= 15 is 0 Å². The van der Waals surface area contributed by atoms with Crippen molar-refractivity contribution in [2.75, 3.05) is 5.32 Å². The Labute approximate surface area is 112 Å². The van der Waals surface area contributed by atoms with Gasteiger partial charge in [-0.3, -0.25) is 0 Å². The summed E-state index contributed by atoms with van der Waals surface area (Å²) >= 11 is 1.72. The summed E-state index contributed by atoms with van der Waals surface area (Å²) in [7, 11) is 0. The molecule has 0 spiro atoms. The van der Waals surface area contributed by atoms with E-state index in [1.165, 1.54) is 42.5 Å².